The molecule has 18 heavy (non-hydrogen) atoms. The molecule has 0 saturated carbocycles. The Labute approximate surface area is 112 Å². The van der Waals surface area contributed by atoms with Gasteiger partial charge in [0.15, 0.2) is 0 Å². The second kappa shape index (κ2) is 5.36. The molecule has 1 aromatic rings. The SMILES string of the molecule is Cc1nc(C)c(C(C)NC(=O)C2CCNC2C)s1. The van der Waals surface area contributed by atoms with Crippen LogP contribution < -0.4 is 10.6 Å². The molecular weight excluding hydrogens is 246 g/mol. The van der Waals surface area contributed by atoms with E-state index in [2.05, 4.69) is 22.5 Å². The number of carbonyl (C=O) groups is 1. The van der Waals surface area contributed by atoms with E-state index in [0.717, 1.165) is 23.7 Å². The molecule has 1 saturated heterocycles. The predicted octanol–water partition coefficient (Wildman–Crippen LogP) is 1.94. The first-order chi connectivity index (χ1) is 8.49. The molecule has 1 fully saturated rings. The molecule has 4 nitrogen and oxygen atoms in total. The summed E-state index contributed by atoms with van der Waals surface area (Å²) in [4.78, 5) is 17.8. The third-order valence-electron chi connectivity index (χ3n) is 3.55. The number of thiazole rings is 1. The number of nitrogens with one attached hydrogen (secondary N) is 2. The number of carbonyl (C=O) groups excluding carboxylic acids is 1. The summed E-state index contributed by atoms with van der Waals surface area (Å²) in [6, 6.07) is 0.331. The molecule has 5 heteroatoms. The smallest absolute Gasteiger partial charge is 0.225 e. The van der Waals surface area contributed by atoms with Gasteiger partial charge < -0.3 is 10.6 Å². The maximum Gasteiger partial charge on any atom is 0.225 e. The van der Waals surface area contributed by atoms with Gasteiger partial charge in [-0.05, 0) is 40.7 Å². The van der Waals surface area contributed by atoms with Gasteiger partial charge in [-0.2, -0.15) is 0 Å². The van der Waals surface area contributed by atoms with Crippen LogP contribution in [0.4, 0.5) is 0 Å². The van der Waals surface area contributed by atoms with E-state index in [1.54, 1.807) is 11.3 Å². The van der Waals surface area contributed by atoms with Crippen molar-refractivity contribution >= 4 is 17.2 Å². The van der Waals surface area contributed by atoms with Gasteiger partial charge in [0.2, 0.25) is 5.91 Å². The number of rotatable bonds is 3. The Hall–Kier alpha value is -0.940. The van der Waals surface area contributed by atoms with Crippen LogP contribution in [-0.2, 0) is 4.79 Å². The standard InChI is InChI=1S/C13H21N3OS/c1-7-11(5-6-14-7)13(17)16-9(3)12-8(2)15-10(4)18-12/h7,9,11,14H,5-6H2,1-4H3,(H,16,17). The lowest BCUT2D eigenvalue weighted by atomic mass is 10.0. The largest absolute Gasteiger partial charge is 0.348 e. The monoisotopic (exact) mass is 267 g/mol. The zero-order chi connectivity index (χ0) is 13.3. The average Bonchev–Trinajstić information content (AvgIpc) is 2.84. The fourth-order valence-electron chi connectivity index (χ4n) is 2.55. The first kappa shape index (κ1) is 13.5. The summed E-state index contributed by atoms with van der Waals surface area (Å²) in [5.41, 5.74) is 1.03. The van der Waals surface area contributed by atoms with Gasteiger partial charge in [-0.1, -0.05) is 0 Å². The summed E-state index contributed by atoms with van der Waals surface area (Å²) in [6.45, 7) is 9.04. The highest BCUT2D eigenvalue weighted by Gasteiger charge is 2.30. The zero-order valence-corrected chi connectivity index (χ0v) is 12.2. The molecule has 3 unspecified atom stereocenters. The zero-order valence-electron chi connectivity index (χ0n) is 11.4. The number of hydrogen-bond donors (Lipinski definition) is 2. The minimum absolute atomic E-state index is 0.0523. The number of hydrogen-bond acceptors (Lipinski definition) is 4. The van der Waals surface area contributed by atoms with Crippen molar-refractivity contribution in [3.8, 4) is 0 Å². The minimum atomic E-state index is 0.0523. The average molecular weight is 267 g/mol. The van der Waals surface area contributed by atoms with Gasteiger partial charge >= 0.3 is 0 Å². The van der Waals surface area contributed by atoms with E-state index in [1.165, 1.54) is 4.88 Å². The normalized spacial score (nSPS) is 25.1. The number of aromatic nitrogens is 1. The van der Waals surface area contributed by atoms with Gasteiger partial charge in [0.05, 0.1) is 22.7 Å². The van der Waals surface area contributed by atoms with Gasteiger partial charge in [0.1, 0.15) is 0 Å². The highest BCUT2D eigenvalue weighted by atomic mass is 32.1. The first-order valence-corrected chi connectivity index (χ1v) is 7.28. The summed E-state index contributed by atoms with van der Waals surface area (Å²) in [5, 5.41) is 7.48. The van der Waals surface area contributed by atoms with Crippen molar-refractivity contribution in [1.82, 2.24) is 15.6 Å². The second-order valence-electron chi connectivity index (χ2n) is 5.05. The molecule has 1 aliphatic rings. The topological polar surface area (TPSA) is 54.0 Å². The van der Waals surface area contributed by atoms with E-state index in [9.17, 15) is 4.79 Å². The summed E-state index contributed by atoms with van der Waals surface area (Å²) >= 11 is 1.67. The van der Waals surface area contributed by atoms with Gasteiger partial charge in [-0.25, -0.2) is 4.98 Å². The molecule has 1 amide bonds. The van der Waals surface area contributed by atoms with Crippen LogP contribution in [0.2, 0.25) is 0 Å². The van der Waals surface area contributed by atoms with Crippen molar-refractivity contribution in [2.45, 2.75) is 46.2 Å². The maximum absolute atomic E-state index is 12.2. The maximum atomic E-state index is 12.2. The Balaban J connectivity index is 2.01. The van der Waals surface area contributed by atoms with Crippen molar-refractivity contribution in [3.05, 3.63) is 15.6 Å². The van der Waals surface area contributed by atoms with Crippen LogP contribution in [-0.4, -0.2) is 23.5 Å². The molecule has 0 spiro atoms. The molecule has 2 heterocycles. The van der Waals surface area contributed by atoms with Crippen LogP contribution in [0.3, 0.4) is 0 Å². The molecule has 0 bridgehead atoms. The van der Waals surface area contributed by atoms with Crippen LogP contribution in [0.1, 0.15) is 41.9 Å². The van der Waals surface area contributed by atoms with Crippen LogP contribution in [0.5, 0.6) is 0 Å². The van der Waals surface area contributed by atoms with Gasteiger partial charge in [0.25, 0.3) is 0 Å². The summed E-state index contributed by atoms with van der Waals surface area (Å²) < 4.78 is 0. The van der Waals surface area contributed by atoms with Crippen molar-refractivity contribution in [3.63, 3.8) is 0 Å². The number of aryl methyl sites for hydroxylation is 2. The van der Waals surface area contributed by atoms with Crippen LogP contribution in [0.25, 0.3) is 0 Å². The highest BCUT2D eigenvalue weighted by Crippen LogP contribution is 2.25. The molecule has 2 rings (SSSR count). The lowest BCUT2D eigenvalue weighted by Gasteiger charge is -2.19. The summed E-state index contributed by atoms with van der Waals surface area (Å²) in [6.07, 6.45) is 0.931. The van der Waals surface area contributed by atoms with E-state index in [0.29, 0.717) is 0 Å². The fraction of sp³-hybridized carbons (Fsp3) is 0.692. The lowest BCUT2D eigenvalue weighted by Crippen LogP contribution is -2.37. The van der Waals surface area contributed by atoms with E-state index in [4.69, 9.17) is 0 Å². The minimum Gasteiger partial charge on any atom is -0.348 e. The Morgan fingerprint density at radius 1 is 1.56 bits per heavy atom. The molecule has 0 aliphatic carbocycles. The second-order valence-corrected chi connectivity index (χ2v) is 6.29. The van der Waals surface area contributed by atoms with E-state index in [1.807, 2.05) is 20.8 Å². The van der Waals surface area contributed by atoms with Crippen LogP contribution >= 0.6 is 11.3 Å². The van der Waals surface area contributed by atoms with Crippen molar-refractivity contribution in [2.24, 2.45) is 5.92 Å². The Morgan fingerprint density at radius 2 is 2.28 bits per heavy atom. The fourth-order valence-corrected chi connectivity index (χ4v) is 3.48. The van der Waals surface area contributed by atoms with E-state index < -0.39 is 0 Å². The van der Waals surface area contributed by atoms with Crippen LogP contribution in [0, 0.1) is 19.8 Å². The van der Waals surface area contributed by atoms with E-state index in [-0.39, 0.29) is 23.9 Å². The van der Waals surface area contributed by atoms with Gasteiger partial charge in [0, 0.05) is 10.9 Å². The molecule has 0 aromatic carbocycles. The molecule has 1 aliphatic heterocycles. The third-order valence-corrected chi connectivity index (χ3v) is 4.81. The van der Waals surface area contributed by atoms with E-state index >= 15 is 0 Å². The van der Waals surface area contributed by atoms with Gasteiger partial charge in [-0.15, -0.1) is 11.3 Å². The number of amides is 1. The molecule has 3 atom stereocenters. The first-order valence-electron chi connectivity index (χ1n) is 6.46. The van der Waals surface area contributed by atoms with Crippen molar-refractivity contribution in [2.75, 3.05) is 6.54 Å². The quantitative estimate of drug-likeness (QED) is 0.880. The summed E-state index contributed by atoms with van der Waals surface area (Å²) in [7, 11) is 0. The summed E-state index contributed by atoms with van der Waals surface area (Å²) in [5.74, 6) is 0.257. The molecule has 1 aromatic heterocycles. The Kier molecular flexibility index (Phi) is 4.02. The molecule has 100 valence electrons. The van der Waals surface area contributed by atoms with Crippen LogP contribution in [0.15, 0.2) is 0 Å². The Morgan fingerprint density at radius 3 is 2.78 bits per heavy atom. The van der Waals surface area contributed by atoms with Crippen molar-refractivity contribution < 1.29 is 4.79 Å². The highest BCUT2D eigenvalue weighted by molar-refractivity contribution is 7.11. The predicted molar refractivity (Wildman–Crippen MR) is 73.7 cm³/mol. The molecular formula is C13H21N3OS. The number of nitrogens with zero attached hydrogens (tertiary/aromatic N) is 1. The Bertz CT molecular complexity index is 443. The lowest BCUT2D eigenvalue weighted by molar-refractivity contribution is -0.125. The molecule has 2 N–H and O–H groups in total. The molecule has 0 radical (unpaired) electrons. The van der Waals surface area contributed by atoms with Crippen molar-refractivity contribution in [1.29, 1.82) is 0 Å². The van der Waals surface area contributed by atoms with Gasteiger partial charge in [-0.3, -0.25) is 4.79 Å². The third kappa shape index (κ3) is 2.72.